The summed E-state index contributed by atoms with van der Waals surface area (Å²) in [5.41, 5.74) is 2.76. The van der Waals surface area contributed by atoms with Gasteiger partial charge < -0.3 is 9.55 Å². The van der Waals surface area contributed by atoms with Crippen molar-refractivity contribution in [2.75, 3.05) is 0 Å². The molecule has 0 saturated heterocycles. The molecule has 0 spiro atoms. The molecule has 4 nitrogen and oxygen atoms in total. The molecule has 3 aromatic rings. The number of hydrogen-bond donors (Lipinski definition) is 1. The molecule has 0 fully saturated rings. The van der Waals surface area contributed by atoms with Crippen molar-refractivity contribution in [3.8, 4) is 0 Å². The van der Waals surface area contributed by atoms with E-state index in [0.29, 0.717) is 12.4 Å². The zero-order valence-corrected chi connectivity index (χ0v) is 12.8. The highest BCUT2D eigenvalue weighted by atomic mass is 79.9. The van der Waals surface area contributed by atoms with Crippen molar-refractivity contribution in [2.24, 2.45) is 0 Å². The summed E-state index contributed by atoms with van der Waals surface area (Å²) >= 11 is 10.6. The van der Waals surface area contributed by atoms with E-state index < -0.39 is 0 Å². The second-order valence-corrected chi connectivity index (χ2v) is 6.08. The number of hydrogen-bond acceptors (Lipinski definition) is 3. The lowest BCUT2D eigenvalue weighted by molar-refractivity contribution is 0.761. The van der Waals surface area contributed by atoms with Gasteiger partial charge in [-0.2, -0.15) is 0 Å². The Balaban J connectivity index is 2.14. The van der Waals surface area contributed by atoms with Crippen LogP contribution in [0.1, 0.15) is 11.5 Å². The summed E-state index contributed by atoms with van der Waals surface area (Å²) in [7, 11) is 0. The van der Waals surface area contributed by atoms with Crippen LogP contribution < -0.4 is 4.87 Å². The van der Waals surface area contributed by atoms with Crippen LogP contribution in [0.4, 0.5) is 0 Å². The zero-order valence-electron chi connectivity index (χ0n) is 9.69. The zero-order chi connectivity index (χ0) is 13.4. The molecule has 0 aliphatic heterocycles. The molecule has 2 heterocycles. The average Bonchev–Trinajstić information content (AvgIpc) is 2.94. The largest absolute Gasteiger partial charge is 0.321 e. The third-order valence-electron chi connectivity index (χ3n) is 2.81. The normalized spacial score (nSPS) is 11.3. The van der Waals surface area contributed by atoms with Gasteiger partial charge in [-0.25, -0.2) is 4.98 Å². The molecule has 0 saturated carbocycles. The second-order valence-electron chi connectivity index (χ2n) is 4.05. The molecule has 0 unspecified atom stereocenters. The van der Waals surface area contributed by atoms with Crippen molar-refractivity contribution in [1.29, 1.82) is 0 Å². The summed E-state index contributed by atoms with van der Waals surface area (Å²) in [4.78, 5) is 18.4. The third-order valence-corrected chi connectivity index (χ3v) is 4.26. The molecule has 7 heteroatoms. The maximum absolute atomic E-state index is 11.2. The Morgan fingerprint density at radius 1 is 1.47 bits per heavy atom. The van der Waals surface area contributed by atoms with Crippen LogP contribution in [0.5, 0.6) is 0 Å². The quantitative estimate of drug-likeness (QED) is 0.730. The van der Waals surface area contributed by atoms with Gasteiger partial charge in [-0.05, 0) is 18.2 Å². The first-order valence-corrected chi connectivity index (χ1v) is 7.75. The summed E-state index contributed by atoms with van der Waals surface area (Å²) in [5, 5.41) is 1.82. The number of thiazole rings is 1. The van der Waals surface area contributed by atoms with Gasteiger partial charge in [0.15, 0.2) is 0 Å². The number of fused-ring (bicyclic) bond motifs is 1. The number of rotatable bonds is 3. The molecule has 1 N–H and O–H groups in total. The summed E-state index contributed by atoms with van der Waals surface area (Å²) in [6.45, 7) is 0.563. The van der Waals surface area contributed by atoms with Crippen molar-refractivity contribution in [3.63, 3.8) is 0 Å². The van der Waals surface area contributed by atoms with Crippen LogP contribution >= 0.6 is 38.9 Å². The third kappa shape index (κ3) is 2.48. The smallest absolute Gasteiger partial charge is 0.304 e. The highest BCUT2D eigenvalue weighted by molar-refractivity contribution is 9.10. The van der Waals surface area contributed by atoms with E-state index in [1.807, 2.05) is 28.1 Å². The maximum atomic E-state index is 11.2. The number of nitrogens with zero attached hydrogens (tertiary/aromatic N) is 2. The van der Waals surface area contributed by atoms with Crippen LogP contribution in [0.2, 0.25) is 0 Å². The number of aromatic nitrogens is 3. The van der Waals surface area contributed by atoms with Crippen LogP contribution in [-0.4, -0.2) is 14.5 Å². The number of nitrogens with one attached hydrogen (secondary N) is 1. The number of aromatic amines is 1. The molecule has 3 rings (SSSR count). The fourth-order valence-electron chi connectivity index (χ4n) is 1.99. The van der Waals surface area contributed by atoms with Gasteiger partial charge in [-0.3, -0.25) is 4.79 Å². The van der Waals surface area contributed by atoms with Crippen LogP contribution in [0.15, 0.2) is 32.8 Å². The predicted molar refractivity (Wildman–Crippen MR) is 81.0 cm³/mol. The minimum Gasteiger partial charge on any atom is -0.321 e. The number of halogens is 2. The van der Waals surface area contributed by atoms with Gasteiger partial charge in [-0.15, -0.1) is 11.6 Å². The van der Waals surface area contributed by atoms with E-state index in [2.05, 4.69) is 25.9 Å². The molecule has 0 radical (unpaired) electrons. The number of alkyl halides is 1. The number of imidazole rings is 1. The van der Waals surface area contributed by atoms with E-state index in [1.165, 1.54) is 0 Å². The van der Waals surface area contributed by atoms with E-state index in [9.17, 15) is 4.79 Å². The lowest BCUT2D eigenvalue weighted by atomic mass is 10.3. The van der Waals surface area contributed by atoms with Gasteiger partial charge in [0, 0.05) is 15.5 Å². The minimum atomic E-state index is -0.0481. The Bertz CT molecular complexity index is 792. The maximum Gasteiger partial charge on any atom is 0.304 e. The Hall–Kier alpha value is -1.11. The van der Waals surface area contributed by atoms with Crippen molar-refractivity contribution in [2.45, 2.75) is 12.4 Å². The monoisotopic (exact) mass is 357 g/mol. The summed E-state index contributed by atoms with van der Waals surface area (Å²) < 4.78 is 3.01. The topological polar surface area (TPSA) is 50.7 Å². The van der Waals surface area contributed by atoms with Gasteiger partial charge >= 0.3 is 4.87 Å². The Labute approximate surface area is 126 Å². The van der Waals surface area contributed by atoms with Crippen molar-refractivity contribution >= 4 is 49.9 Å². The molecule has 0 aliphatic carbocycles. The molecule has 19 heavy (non-hydrogen) atoms. The van der Waals surface area contributed by atoms with E-state index in [0.717, 1.165) is 38.4 Å². The molecular formula is C12H9BrClN3OS. The molecule has 0 atom stereocenters. The Kier molecular flexibility index (Phi) is 3.47. The van der Waals surface area contributed by atoms with E-state index in [1.54, 1.807) is 0 Å². The van der Waals surface area contributed by atoms with Gasteiger partial charge in [0.25, 0.3) is 0 Å². The summed E-state index contributed by atoms with van der Waals surface area (Å²) in [5.74, 6) is 1.13. The Morgan fingerprint density at radius 2 is 2.32 bits per heavy atom. The fraction of sp³-hybridized carbons (Fsp3) is 0.167. The van der Waals surface area contributed by atoms with Gasteiger partial charge in [-0.1, -0.05) is 27.3 Å². The van der Waals surface area contributed by atoms with Crippen molar-refractivity contribution < 1.29 is 0 Å². The molecule has 0 amide bonds. The first-order valence-electron chi connectivity index (χ1n) is 5.54. The lowest BCUT2D eigenvalue weighted by Crippen LogP contribution is -2.06. The van der Waals surface area contributed by atoms with Gasteiger partial charge in [0.05, 0.1) is 23.5 Å². The molecule has 1 aromatic carbocycles. The van der Waals surface area contributed by atoms with Crippen LogP contribution in [0, 0.1) is 0 Å². The Morgan fingerprint density at radius 3 is 3.00 bits per heavy atom. The average molecular weight is 359 g/mol. The van der Waals surface area contributed by atoms with E-state index in [-0.39, 0.29) is 4.87 Å². The van der Waals surface area contributed by atoms with E-state index in [4.69, 9.17) is 11.6 Å². The van der Waals surface area contributed by atoms with Crippen molar-refractivity contribution in [1.82, 2.24) is 14.5 Å². The molecule has 0 bridgehead atoms. The summed E-state index contributed by atoms with van der Waals surface area (Å²) in [6, 6.07) is 5.90. The standard InChI is InChI=1S/C12H9BrClN3OS/c13-7-1-2-9-10(3-7)17(11(4-14)16-9)5-8-6-19-12(18)15-8/h1-3,6H,4-5H2,(H,15,18). The first-order chi connectivity index (χ1) is 9.17. The predicted octanol–water partition coefficient (Wildman–Crippen LogP) is 3.34. The lowest BCUT2D eigenvalue weighted by Gasteiger charge is -2.06. The summed E-state index contributed by atoms with van der Waals surface area (Å²) in [6.07, 6.45) is 0. The van der Waals surface area contributed by atoms with E-state index >= 15 is 0 Å². The highest BCUT2D eigenvalue weighted by Gasteiger charge is 2.11. The number of benzene rings is 1. The molecule has 98 valence electrons. The minimum absolute atomic E-state index is 0.0481. The molecular weight excluding hydrogens is 350 g/mol. The van der Waals surface area contributed by atoms with Gasteiger partial charge in [0.1, 0.15) is 5.82 Å². The second kappa shape index (κ2) is 5.11. The molecule has 0 aliphatic rings. The van der Waals surface area contributed by atoms with Crippen LogP contribution in [-0.2, 0) is 12.4 Å². The van der Waals surface area contributed by atoms with Crippen LogP contribution in [0.3, 0.4) is 0 Å². The SMILES string of the molecule is O=c1[nH]c(Cn2c(CCl)nc3ccc(Br)cc32)cs1. The fourth-order valence-corrected chi connectivity index (χ4v) is 3.11. The highest BCUT2D eigenvalue weighted by Crippen LogP contribution is 2.22. The molecule has 2 aromatic heterocycles. The van der Waals surface area contributed by atoms with Gasteiger partial charge in [0.2, 0.25) is 0 Å². The first kappa shape index (κ1) is 12.9. The van der Waals surface area contributed by atoms with Crippen LogP contribution in [0.25, 0.3) is 11.0 Å². The van der Waals surface area contributed by atoms with Crippen molar-refractivity contribution in [3.05, 3.63) is 49.2 Å². The number of H-pyrrole nitrogens is 1.